The van der Waals surface area contributed by atoms with Gasteiger partial charge in [0.05, 0.1) is 0 Å². The average molecular weight is 222 g/mol. The maximum atomic E-state index is 5.80. The van der Waals surface area contributed by atoms with Gasteiger partial charge in [0.15, 0.2) is 0 Å². The Bertz CT molecular complexity index is 323. The fourth-order valence-corrected chi connectivity index (χ4v) is 1.41. The van der Waals surface area contributed by atoms with E-state index in [0.29, 0.717) is 0 Å². The van der Waals surface area contributed by atoms with E-state index in [4.69, 9.17) is 5.73 Å². The lowest BCUT2D eigenvalue weighted by Crippen LogP contribution is -2.14. The van der Waals surface area contributed by atoms with Crippen LogP contribution in [0, 0.1) is 6.92 Å². The molecule has 0 aromatic carbocycles. The first-order valence-corrected chi connectivity index (χ1v) is 5.70. The second-order valence-electron chi connectivity index (χ2n) is 4.36. The van der Waals surface area contributed by atoms with Crippen molar-refractivity contribution in [1.82, 2.24) is 9.88 Å². The predicted molar refractivity (Wildman–Crippen MR) is 69.7 cm³/mol. The molecule has 0 radical (unpaired) electrons. The van der Waals surface area contributed by atoms with E-state index in [9.17, 15) is 0 Å². The summed E-state index contributed by atoms with van der Waals surface area (Å²) in [6.45, 7) is 4.04. The highest BCUT2D eigenvalue weighted by molar-refractivity contribution is 5.53. The van der Waals surface area contributed by atoms with Gasteiger partial charge in [-0.1, -0.05) is 0 Å². The first-order chi connectivity index (χ1) is 7.59. The molecule has 0 aliphatic heterocycles. The second kappa shape index (κ2) is 6.33. The van der Waals surface area contributed by atoms with Crippen molar-refractivity contribution < 1.29 is 0 Å². The summed E-state index contributed by atoms with van der Waals surface area (Å²) in [5.41, 5.74) is 7.63. The van der Waals surface area contributed by atoms with Crippen LogP contribution < -0.4 is 11.1 Å². The van der Waals surface area contributed by atoms with Gasteiger partial charge in [0.25, 0.3) is 0 Å². The minimum absolute atomic E-state index is 0.797. The smallest absolute Gasteiger partial charge is 0.127 e. The number of nitrogens with two attached hydrogens (primary N) is 1. The van der Waals surface area contributed by atoms with E-state index in [1.807, 2.05) is 13.0 Å². The molecule has 90 valence electrons. The second-order valence-corrected chi connectivity index (χ2v) is 4.36. The first-order valence-electron chi connectivity index (χ1n) is 5.70. The molecule has 0 amide bonds. The van der Waals surface area contributed by atoms with Crippen LogP contribution in [0.25, 0.3) is 0 Å². The van der Waals surface area contributed by atoms with Crippen molar-refractivity contribution in [2.24, 2.45) is 0 Å². The lowest BCUT2D eigenvalue weighted by atomic mass is 10.2. The standard InChI is InChI=1S/C12H22N4/c1-10-9-15-12(8-11(10)13)14-6-4-5-7-16(2)3/h8-9H,4-7H2,1-3H3,(H3,13,14,15). The Labute approximate surface area is 97.9 Å². The molecular weight excluding hydrogens is 200 g/mol. The van der Waals surface area contributed by atoms with Gasteiger partial charge in [-0.2, -0.15) is 0 Å². The van der Waals surface area contributed by atoms with Crippen LogP contribution >= 0.6 is 0 Å². The zero-order valence-electron chi connectivity index (χ0n) is 10.5. The van der Waals surface area contributed by atoms with E-state index in [0.717, 1.165) is 36.6 Å². The molecule has 1 aromatic rings. The summed E-state index contributed by atoms with van der Waals surface area (Å²) in [5.74, 6) is 0.868. The summed E-state index contributed by atoms with van der Waals surface area (Å²) >= 11 is 0. The molecule has 0 fully saturated rings. The van der Waals surface area contributed by atoms with Crippen LogP contribution in [0.1, 0.15) is 18.4 Å². The Kier molecular flexibility index (Phi) is 5.05. The Morgan fingerprint density at radius 2 is 2.12 bits per heavy atom. The molecule has 0 saturated carbocycles. The van der Waals surface area contributed by atoms with E-state index in [1.165, 1.54) is 6.42 Å². The molecule has 3 N–H and O–H groups in total. The normalized spacial score (nSPS) is 10.8. The fraction of sp³-hybridized carbons (Fsp3) is 0.583. The third-order valence-electron chi connectivity index (χ3n) is 2.48. The van der Waals surface area contributed by atoms with Gasteiger partial charge in [-0.15, -0.1) is 0 Å². The highest BCUT2D eigenvalue weighted by Crippen LogP contribution is 2.13. The molecule has 1 heterocycles. The Hall–Kier alpha value is -1.29. The van der Waals surface area contributed by atoms with Gasteiger partial charge in [-0.25, -0.2) is 4.98 Å². The average Bonchev–Trinajstić information content (AvgIpc) is 2.22. The van der Waals surface area contributed by atoms with E-state index >= 15 is 0 Å². The number of anilines is 2. The van der Waals surface area contributed by atoms with Crippen molar-refractivity contribution in [3.05, 3.63) is 17.8 Å². The van der Waals surface area contributed by atoms with Crippen molar-refractivity contribution in [3.8, 4) is 0 Å². The Morgan fingerprint density at radius 1 is 1.38 bits per heavy atom. The molecule has 0 aliphatic carbocycles. The molecule has 1 rings (SSSR count). The van der Waals surface area contributed by atoms with E-state index < -0.39 is 0 Å². The third kappa shape index (κ3) is 4.49. The van der Waals surface area contributed by atoms with Crippen molar-refractivity contribution in [1.29, 1.82) is 0 Å². The minimum Gasteiger partial charge on any atom is -0.398 e. The minimum atomic E-state index is 0.797. The van der Waals surface area contributed by atoms with Crippen molar-refractivity contribution in [2.45, 2.75) is 19.8 Å². The Morgan fingerprint density at radius 3 is 2.75 bits per heavy atom. The molecule has 4 heteroatoms. The van der Waals surface area contributed by atoms with Crippen LogP contribution in [0.3, 0.4) is 0 Å². The summed E-state index contributed by atoms with van der Waals surface area (Å²) in [7, 11) is 4.19. The van der Waals surface area contributed by atoms with Crippen molar-refractivity contribution in [2.75, 3.05) is 38.2 Å². The number of hydrogen-bond acceptors (Lipinski definition) is 4. The highest BCUT2D eigenvalue weighted by atomic mass is 15.0. The quantitative estimate of drug-likeness (QED) is 0.720. The first kappa shape index (κ1) is 12.8. The number of rotatable bonds is 6. The SMILES string of the molecule is Cc1cnc(NCCCCN(C)C)cc1N. The topological polar surface area (TPSA) is 54.2 Å². The van der Waals surface area contributed by atoms with Gasteiger partial charge in [0.2, 0.25) is 0 Å². The van der Waals surface area contributed by atoms with Crippen LogP contribution in [0.2, 0.25) is 0 Å². The fourth-order valence-electron chi connectivity index (χ4n) is 1.41. The van der Waals surface area contributed by atoms with Crippen LogP contribution in [0.15, 0.2) is 12.3 Å². The number of pyridine rings is 1. The maximum absolute atomic E-state index is 5.80. The van der Waals surface area contributed by atoms with Crippen LogP contribution in [-0.2, 0) is 0 Å². The number of nitrogens with zero attached hydrogens (tertiary/aromatic N) is 2. The zero-order chi connectivity index (χ0) is 12.0. The number of unbranched alkanes of at least 4 members (excludes halogenated alkanes) is 1. The molecular formula is C12H22N4. The molecule has 1 aromatic heterocycles. The van der Waals surface area contributed by atoms with Gasteiger partial charge >= 0.3 is 0 Å². The van der Waals surface area contributed by atoms with Gasteiger partial charge in [-0.05, 0) is 46.0 Å². The van der Waals surface area contributed by atoms with E-state index in [2.05, 4.69) is 29.3 Å². The molecule has 4 nitrogen and oxygen atoms in total. The number of hydrogen-bond donors (Lipinski definition) is 2. The van der Waals surface area contributed by atoms with Crippen molar-refractivity contribution in [3.63, 3.8) is 0 Å². The lowest BCUT2D eigenvalue weighted by molar-refractivity contribution is 0.396. The lowest BCUT2D eigenvalue weighted by Gasteiger charge is -2.10. The number of aromatic nitrogens is 1. The third-order valence-corrected chi connectivity index (χ3v) is 2.48. The number of nitrogens with one attached hydrogen (secondary N) is 1. The Balaban J connectivity index is 2.24. The van der Waals surface area contributed by atoms with Gasteiger partial charge < -0.3 is 16.0 Å². The monoisotopic (exact) mass is 222 g/mol. The van der Waals surface area contributed by atoms with Crippen LogP contribution in [-0.4, -0.2) is 37.1 Å². The summed E-state index contributed by atoms with van der Waals surface area (Å²) < 4.78 is 0. The van der Waals surface area contributed by atoms with E-state index in [-0.39, 0.29) is 0 Å². The summed E-state index contributed by atoms with van der Waals surface area (Å²) in [6, 6.07) is 1.89. The molecule has 0 saturated heterocycles. The van der Waals surface area contributed by atoms with Gasteiger partial charge in [0.1, 0.15) is 5.82 Å². The van der Waals surface area contributed by atoms with Crippen LogP contribution in [0.4, 0.5) is 11.5 Å². The largest absolute Gasteiger partial charge is 0.398 e. The zero-order valence-corrected chi connectivity index (χ0v) is 10.5. The van der Waals surface area contributed by atoms with Gasteiger partial charge in [0, 0.05) is 24.5 Å². The molecule has 0 bridgehead atoms. The number of nitrogen functional groups attached to an aromatic ring is 1. The van der Waals surface area contributed by atoms with Crippen molar-refractivity contribution >= 4 is 11.5 Å². The molecule has 0 spiro atoms. The molecule has 16 heavy (non-hydrogen) atoms. The number of aryl methyl sites for hydroxylation is 1. The predicted octanol–water partition coefficient (Wildman–Crippen LogP) is 1.73. The van der Waals surface area contributed by atoms with Gasteiger partial charge in [-0.3, -0.25) is 0 Å². The summed E-state index contributed by atoms with van der Waals surface area (Å²) in [4.78, 5) is 6.47. The maximum Gasteiger partial charge on any atom is 0.127 e. The van der Waals surface area contributed by atoms with Crippen LogP contribution in [0.5, 0.6) is 0 Å². The summed E-state index contributed by atoms with van der Waals surface area (Å²) in [6.07, 6.45) is 4.15. The van der Waals surface area contributed by atoms with E-state index in [1.54, 1.807) is 6.20 Å². The molecule has 0 aliphatic rings. The molecule has 0 unspecified atom stereocenters. The highest BCUT2D eigenvalue weighted by Gasteiger charge is 1.97. The summed E-state index contributed by atoms with van der Waals surface area (Å²) in [5, 5.41) is 3.28. The molecule has 0 atom stereocenters.